The number of carbonyl (C=O) groups is 1. The maximum Gasteiger partial charge on any atom is 0.354 e. The van der Waals surface area contributed by atoms with E-state index < -0.39 is 5.97 Å². The van der Waals surface area contributed by atoms with Gasteiger partial charge >= 0.3 is 5.97 Å². The predicted octanol–water partition coefficient (Wildman–Crippen LogP) is 5.74. The van der Waals surface area contributed by atoms with Gasteiger partial charge in [0.1, 0.15) is 10.8 Å². The summed E-state index contributed by atoms with van der Waals surface area (Å²) in [6, 6.07) is 17.7. The summed E-state index contributed by atoms with van der Waals surface area (Å²) >= 11 is 6.28. The Hall–Kier alpha value is -3.03. The van der Waals surface area contributed by atoms with E-state index in [2.05, 4.69) is 4.85 Å². The zero-order chi connectivity index (χ0) is 18.7. The molecule has 0 unspecified atom stereocenters. The van der Waals surface area contributed by atoms with E-state index in [-0.39, 0.29) is 23.1 Å². The lowest BCUT2D eigenvalue weighted by Gasteiger charge is -2.09. The molecule has 1 aromatic heterocycles. The minimum atomic E-state index is -0.492. The fraction of sp³-hybridized carbons (Fsp3) is 0.143. The third-order valence-electron chi connectivity index (χ3n) is 4.16. The molecule has 0 saturated heterocycles. The highest BCUT2D eigenvalue weighted by molar-refractivity contribution is 6.34. The molecule has 4 nitrogen and oxygen atoms in total. The van der Waals surface area contributed by atoms with Gasteiger partial charge in [0.05, 0.1) is 13.2 Å². The molecular weight excluding hydrogens is 348 g/mol. The van der Waals surface area contributed by atoms with Crippen molar-refractivity contribution in [3.63, 3.8) is 0 Å². The van der Waals surface area contributed by atoms with Crippen molar-refractivity contribution in [3.8, 4) is 22.3 Å². The largest absolute Gasteiger partial charge is 0.461 e. The maximum absolute atomic E-state index is 12.4. The highest BCUT2D eigenvalue weighted by Gasteiger charge is 2.26. The monoisotopic (exact) mass is 364 g/mol. The first-order chi connectivity index (χ1) is 12.6. The Bertz CT molecular complexity index is 984. The minimum Gasteiger partial charge on any atom is -0.461 e. The van der Waals surface area contributed by atoms with Crippen LogP contribution in [0.4, 0.5) is 5.69 Å². The lowest BCUT2D eigenvalue weighted by Crippen LogP contribution is -2.11. The molecule has 0 aliphatic heterocycles. The highest BCUT2D eigenvalue weighted by atomic mass is 35.5. The van der Waals surface area contributed by atoms with Gasteiger partial charge in [0.2, 0.25) is 5.69 Å². The normalized spacial score (nSPS) is 10.4. The molecule has 3 rings (SSSR count). The quantitative estimate of drug-likeness (QED) is 0.437. The molecule has 0 bridgehead atoms. The molecule has 0 aliphatic carbocycles. The molecule has 0 fully saturated rings. The Kier molecular flexibility index (Phi) is 5.11. The van der Waals surface area contributed by atoms with Crippen molar-refractivity contribution >= 4 is 23.3 Å². The molecule has 0 N–H and O–H groups in total. The Morgan fingerprint density at radius 3 is 2.23 bits per heavy atom. The van der Waals surface area contributed by atoms with Gasteiger partial charge in [0.15, 0.2) is 0 Å². The van der Waals surface area contributed by atoms with Crippen LogP contribution >= 0.6 is 11.6 Å². The number of hydrogen-bond donors (Lipinski definition) is 0. The van der Waals surface area contributed by atoms with Gasteiger partial charge in [0.25, 0.3) is 0 Å². The zero-order valence-electron chi connectivity index (χ0n) is 14.5. The van der Waals surface area contributed by atoms with Crippen LogP contribution in [0.3, 0.4) is 0 Å². The van der Waals surface area contributed by atoms with Crippen LogP contribution in [0.1, 0.15) is 17.4 Å². The molecule has 0 amide bonds. The third-order valence-corrected chi connectivity index (χ3v) is 4.59. The molecule has 0 saturated carbocycles. The average Bonchev–Trinajstić information content (AvgIpc) is 2.93. The number of ether oxygens (including phenoxy) is 1. The molecule has 26 heavy (non-hydrogen) atoms. The van der Waals surface area contributed by atoms with Gasteiger partial charge in [-0.1, -0.05) is 66.2 Å². The summed E-state index contributed by atoms with van der Waals surface area (Å²) in [6.07, 6.45) is 0. The van der Waals surface area contributed by atoms with Crippen molar-refractivity contribution in [2.24, 2.45) is 7.05 Å². The van der Waals surface area contributed by atoms with Crippen LogP contribution < -0.4 is 0 Å². The van der Waals surface area contributed by atoms with Crippen molar-refractivity contribution in [3.05, 3.63) is 76.9 Å². The summed E-state index contributed by atoms with van der Waals surface area (Å²) in [5.74, 6) is -0.492. The lowest BCUT2D eigenvalue weighted by atomic mass is 9.99. The van der Waals surface area contributed by atoms with E-state index in [1.807, 2.05) is 54.6 Å². The maximum atomic E-state index is 12.4. The van der Waals surface area contributed by atoms with Crippen LogP contribution in [0, 0.1) is 6.57 Å². The van der Waals surface area contributed by atoms with Crippen LogP contribution in [0.2, 0.25) is 5.15 Å². The van der Waals surface area contributed by atoms with Crippen molar-refractivity contribution in [1.82, 2.24) is 4.57 Å². The third kappa shape index (κ3) is 3.10. The second kappa shape index (κ2) is 7.47. The lowest BCUT2D eigenvalue weighted by molar-refractivity contribution is 0.0516. The summed E-state index contributed by atoms with van der Waals surface area (Å²) in [5, 5.41) is 0.227. The van der Waals surface area contributed by atoms with Gasteiger partial charge in [0, 0.05) is 12.6 Å². The molecular formula is C21H17ClN2O2. The number of hydrogen-bond acceptors (Lipinski definition) is 2. The van der Waals surface area contributed by atoms with Crippen LogP contribution in [0.15, 0.2) is 54.6 Å². The van der Waals surface area contributed by atoms with Gasteiger partial charge in [-0.05, 0) is 23.6 Å². The summed E-state index contributed by atoms with van der Waals surface area (Å²) in [7, 11) is 1.66. The van der Waals surface area contributed by atoms with E-state index in [0.29, 0.717) is 5.56 Å². The van der Waals surface area contributed by atoms with Crippen molar-refractivity contribution in [1.29, 1.82) is 0 Å². The van der Waals surface area contributed by atoms with Crippen LogP contribution in [0.5, 0.6) is 0 Å². The molecule has 0 spiro atoms. The number of nitrogens with zero attached hydrogens (tertiary/aromatic N) is 2. The smallest absolute Gasteiger partial charge is 0.354 e. The minimum absolute atomic E-state index is 0.227. The first-order valence-corrected chi connectivity index (χ1v) is 8.54. The van der Waals surface area contributed by atoms with E-state index >= 15 is 0 Å². The molecule has 1 heterocycles. The SMILES string of the molecule is [C-]#[N+]c1c(-c2ccc(-c3ccccc3)cc2)c(C(=O)OCC)n(C)c1Cl. The van der Waals surface area contributed by atoms with E-state index in [9.17, 15) is 4.79 Å². The van der Waals surface area contributed by atoms with Crippen molar-refractivity contribution in [2.75, 3.05) is 6.61 Å². The number of esters is 1. The molecule has 3 aromatic rings. The van der Waals surface area contributed by atoms with Gasteiger partial charge < -0.3 is 9.30 Å². The van der Waals surface area contributed by atoms with Gasteiger partial charge in [-0.25, -0.2) is 9.64 Å². The van der Waals surface area contributed by atoms with Gasteiger partial charge in [-0.2, -0.15) is 0 Å². The number of carbonyl (C=O) groups excluding carboxylic acids is 1. The van der Waals surface area contributed by atoms with Gasteiger partial charge in [-0.15, -0.1) is 0 Å². The summed E-state index contributed by atoms with van der Waals surface area (Å²) in [4.78, 5) is 16.0. The second-order valence-corrected chi connectivity index (χ2v) is 6.06. The topological polar surface area (TPSA) is 35.6 Å². The number of rotatable bonds is 4. The Morgan fingerprint density at radius 2 is 1.65 bits per heavy atom. The van der Waals surface area contributed by atoms with E-state index in [4.69, 9.17) is 22.9 Å². The fourth-order valence-corrected chi connectivity index (χ4v) is 3.14. The predicted molar refractivity (Wildman–Crippen MR) is 104 cm³/mol. The summed E-state index contributed by atoms with van der Waals surface area (Å²) < 4.78 is 6.66. The Labute approximate surface area is 157 Å². The average molecular weight is 365 g/mol. The molecule has 2 aromatic carbocycles. The Balaban J connectivity index is 2.13. The van der Waals surface area contributed by atoms with Gasteiger partial charge in [-0.3, -0.25) is 0 Å². The molecule has 0 atom stereocenters. The highest BCUT2D eigenvalue weighted by Crippen LogP contribution is 2.42. The van der Waals surface area contributed by atoms with Crippen molar-refractivity contribution in [2.45, 2.75) is 6.92 Å². The van der Waals surface area contributed by atoms with E-state index in [1.165, 1.54) is 4.57 Å². The number of halogens is 1. The molecule has 5 heteroatoms. The van der Waals surface area contributed by atoms with E-state index in [1.54, 1.807) is 14.0 Å². The standard InChI is InChI=1S/C21H17ClN2O2/c1-4-26-21(25)19-17(18(23-2)20(22)24(19)3)16-12-10-15(11-13-16)14-8-6-5-7-9-14/h5-13H,4H2,1,3H3. The van der Waals surface area contributed by atoms with Crippen LogP contribution in [-0.2, 0) is 11.8 Å². The number of benzene rings is 2. The Morgan fingerprint density at radius 1 is 1.08 bits per heavy atom. The van der Waals surface area contributed by atoms with Crippen molar-refractivity contribution < 1.29 is 9.53 Å². The zero-order valence-corrected chi connectivity index (χ0v) is 15.2. The summed E-state index contributed by atoms with van der Waals surface area (Å²) in [5.41, 5.74) is 3.95. The number of aromatic nitrogens is 1. The first-order valence-electron chi connectivity index (χ1n) is 8.17. The second-order valence-electron chi connectivity index (χ2n) is 5.70. The molecule has 0 radical (unpaired) electrons. The van der Waals surface area contributed by atoms with E-state index in [0.717, 1.165) is 16.7 Å². The van der Waals surface area contributed by atoms with Crippen LogP contribution in [-0.4, -0.2) is 17.1 Å². The fourth-order valence-electron chi connectivity index (χ4n) is 2.91. The molecule has 0 aliphatic rings. The summed E-state index contributed by atoms with van der Waals surface area (Å²) in [6.45, 7) is 9.47. The molecule has 130 valence electrons. The van der Waals surface area contributed by atoms with Crippen LogP contribution in [0.25, 0.3) is 27.1 Å². The first kappa shape index (κ1) is 17.8.